The summed E-state index contributed by atoms with van der Waals surface area (Å²) in [6.07, 6.45) is 1.78. The summed E-state index contributed by atoms with van der Waals surface area (Å²) in [6, 6.07) is 6.99. The fourth-order valence-corrected chi connectivity index (χ4v) is 2.40. The quantitative estimate of drug-likeness (QED) is 0.796. The number of carbonyl (C=O) groups excluding carboxylic acids is 2. The summed E-state index contributed by atoms with van der Waals surface area (Å²) < 4.78 is 0. The van der Waals surface area contributed by atoms with Gasteiger partial charge in [0.1, 0.15) is 0 Å². The van der Waals surface area contributed by atoms with E-state index in [0.29, 0.717) is 17.8 Å². The van der Waals surface area contributed by atoms with Crippen LogP contribution in [0.3, 0.4) is 0 Å². The Balaban J connectivity index is 1.93. The van der Waals surface area contributed by atoms with E-state index < -0.39 is 6.10 Å². The Morgan fingerprint density at radius 1 is 1.10 bits per heavy atom. The first-order valence-corrected chi connectivity index (χ1v) is 7.37. The van der Waals surface area contributed by atoms with Crippen LogP contribution in [0.4, 0.5) is 11.4 Å². The van der Waals surface area contributed by atoms with Crippen molar-refractivity contribution in [3.63, 3.8) is 0 Å². The summed E-state index contributed by atoms with van der Waals surface area (Å²) in [7, 11) is 0. The van der Waals surface area contributed by atoms with E-state index in [1.165, 1.54) is 0 Å². The fourth-order valence-electron chi connectivity index (χ4n) is 2.40. The molecule has 0 saturated heterocycles. The van der Waals surface area contributed by atoms with Crippen LogP contribution in [0.15, 0.2) is 24.3 Å². The predicted molar refractivity (Wildman–Crippen MR) is 81.9 cm³/mol. The third kappa shape index (κ3) is 4.04. The van der Waals surface area contributed by atoms with Crippen LogP contribution in [0.2, 0.25) is 0 Å². The Morgan fingerprint density at radius 2 is 1.67 bits per heavy atom. The smallest absolute Gasteiger partial charge is 0.230 e. The molecule has 2 amide bonds. The van der Waals surface area contributed by atoms with Gasteiger partial charge in [0, 0.05) is 17.3 Å². The van der Waals surface area contributed by atoms with Crippen molar-refractivity contribution >= 4 is 23.2 Å². The molecule has 0 heterocycles. The maximum absolute atomic E-state index is 12.0. The number of aliphatic hydroxyl groups is 1. The summed E-state index contributed by atoms with van der Waals surface area (Å²) in [5, 5.41) is 15.3. The van der Waals surface area contributed by atoms with Gasteiger partial charge in [-0.2, -0.15) is 0 Å². The van der Waals surface area contributed by atoms with Crippen molar-refractivity contribution in [2.45, 2.75) is 39.2 Å². The molecule has 0 radical (unpaired) electrons. The van der Waals surface area contributed by atoms with Crippen LogP contribution in [-0.4, -0.2) is 23.0 Å². The molecule has 114 valence electrons. The molecule has 1 aromatic rings. The van der Waals surface area contributed by atoms with Crippen LogP contribution in [0.5, 0.6) is 0 Å². The van der Waals surface area contributed by atoms with Crippen LogP contribution < -0.4 is 10.6 Å². The van der Waals surface area contributed by atoms with E-state index in [-0.39, 0.29) is 23.7 Å². The van der Waals surface area contributed by atoms with Crippen molar-refractivity contribution in [3.05, 3.63) is 24.3 Å². The Kier molecular flexibility index (Phi) is 4.96. The first kappa shape index (κ1) is 15.5. The number of benzene rings is 1. The fraction of sp³-hybridized carbons (Fsp3) is 0.500. The second-order valence-corrected chi connectivity index (χ2v) is 5.82. The van der Waals surface area contributed by atoms with E-state index >= 15 is 0 Å². The van der Waals surface area contributed by atoms with Gasteiger partial charge in [-0.3, -0.25) is 9.59 Å². The normalized spacial score (nSPS) is 21.3. The molecule has 2 unspecified atom stereocenters. The third-order valence-electron chi connectivity index (χ3n) is 3.76. The molecule has 0 aliphatic heterocycles. The standard InChI is InChI=1S/C16H22N2O3/c1-10(2)15(20)17-11-6-8-12(9-7-11)18-16(21)13-4-3-5-14(13)19/h6-10,13-14,19H,3-5H2,1-2H3,(H,17,20)(H,18,21). The lowest BCUT2D eigenvalue weighted by Gasteiger charge is -2.14. The zero-order valence-electron chi connectivity index (χ0n) is 12.4. The Labute approximate surface area is 124 Å². The van der Waals surface area contributed by atoms with Crippen molar-refractivity contribution in [2.24, 2.45) is 11.8 Å². The van der Waals surface area contributed by atoms with E-state index in [2.05, 4.69) is 10.6 Å². The van der Waals surface area contributed by atoms with Gasteiger partial charge in [-0.05, 0) is 43.5 Å². The molecule has 1 aliphatic carbocycles. The lowest BCUT2D eigenvalue weighted by atomic mass is 10.1. The number of carbonyl (C=O) groups is 2. The average Bonchev–Trinajstić information content (AvgIpc) is 2.87. The highest BCUT2D eigenvalue weighted by atomic mass is 16.3. The monoisotopic (exact) mass is 290 g/mol. The van der Waals surface area contributed by atoms with Crippen LogP contribution >= 0.6 is 0 Å². The van der Waals surface area contributed by atoms with Crippen molar-refractivity contribution in [1.29, 1.82) is 0 Å². The largest absolute Gasteiger partial charge is 0.392 e. The minimum Gasteiger partial charge on any atom is -0.392 e. The first-order chi connectivity index (χ1) is 9.97. The number of amides is 2. The summed E-state index contributed by atoms with van der Waals surface area (Å²) in [5.41, 5.74) is 1.37. The number of rotatable bonds is 4. The molecule has 1 aromatic carbocycles. The van der Waals surface area contributed by atoms with Crippen molar-refractivity contribution in [2.75, 3.05) is 10.6 Å². The van der Waals surface area contributed by atoms with Crippen molar-refractivity contribution < 1.29 is 14.7 Å². The predicted octanol–water partition coefficient (Wildman–Crippen LogP) is 2.38. The first-order valence-electron chi connectivity index (χ1n) is 7.37. The van der Waals surface area contributed by atoms with Gasteiger partial charge in [0.25, 0.3) is 0 Å². The van der Waals surface area contributed by atoms with Gasteiger partial charge in [-0.15, -0.1) is 0 Å². The maximum atomic E-state index is 12.0. The van der Waals surface area contributed by atoms with E-state index in [9.17, 15) is 14.7 Å². The highest BCUT2D eigenvalue weighted by molar-refractivity contribution is 5.94. The minimum atomic E-state index is -0.533. The van der Waals surface area contributed by atoms with Gasteiger partial charge in [-0.25, -0.2) is 0 Å². The lowest BCUT2D eigenvalue weighted by Crippen LogP contribution is -2.28. The number of anilines is 2. The summed E-state index contributed by atoms with van der Waals surface area (Å²) >= 11 is 0. The van der Waals surface area contributed by atoms with Gasteiger partial charge in [0.2, 0.25) is 11.8 Å². The Morgan fingerprint density at radius 3 is 2.14 bits per heavy atom. The second kappa shape index (κ2) is 6.72. The minimum absolute atomic E-state index is 0.0409. The topological polar surface area (TPSA) is 78.4 Å². The molecule has 5 heteroatoms. The Hall–Kier alpha value is -1.88. The second-order valence-electron chi connectivity index (χ2n) is 5.82. The molecule has 3 N–H and O–H groups in total. The molecule has 21 heavy (non-hydrogen) atoms. The van der Waals surface area contributed by atoms with Crippen LogP contribution in [-0.2, 0) is 9.59 Å². The van der Waals surface area contributed by atoms with Gasteiger partial charge in [-0.1, -0.05) is 13.8 Å². The highest BCUT2D eigenvalue weighted by Gasteiger charge is 2.31. The van der Waals surface area contributed by atoms with Gasteiger partial charge >= 0.3 is 0 Å². The number of nitrogens with one attached hydrogen (secondary N) is 2. The molecular formula is C16H22N2O3. The van der Waals surface area contributed by atoms with E-state index in [1.54, 1.807) is 24.3 Å². The summed E-state index contributed by atoms with van der Waals surface area (Å²) in [5.74, 6) is -0.571. The van der Waals surface area contributed by atoms with Crippen LogP contribution in [0.25, 0.3) is 0 Å². The molecule has 1 fully saturated rings. The summed E-state index contributed by atoms with van der Waals surface area (Å²) in [6.45, 7) is 3.66. The molecule has 2 rings (SSSR count). The SMILES string of the molecule is CC(C)C(=O)Nc1ccc(NC(=O)C2CCCC2O)cc1. The van der Waals surface area contributed by atoms with E-state index in [0.717, 1.165) is 12.8 Å². The van der Waals surface area contributed by atoms with Crippen molar-refractivity contribution in [3.8, 4) is 0 Å². The maximum Gasteiger partial charge on any atom is 0.230 e. The van der Waals surface area contributed by atoms with E-state index in [1.807, 2.05) is 13.8 Å². The third-order valence-corrected chi connectivity index (χ3v) is 3.76. The number of aliphatic hydroxyl groups excluding tert-OH is 1. The van der Waals surface area contributed by atoms with E-state index in [4.69, 9.17) is 0 Å². The number of hydrogen-bond acceptors (Lipinski definition) is 3. The van der Waals surface area contributed by atoms with Crippen molar-refractivity contribution in [1.82, 2.24) is 0 Å². The zero-order chi connectivity index (χ0) is 15.4. The Bertz CT molecular complexity index is 511. The molecular weight excluding hydrogens is 268 g/mol. The lowest BCUT2D eigenvalue weighted by molar-refractivity contribution is -0.122. The molecule has 0 aromatic heterocycles. The van der Waals surface area contributed by atoms with Gasteiger partial charge < -0.3 is 15.7 Å². The molecule has 0 bridgehead atoms. The molecule has 1 saturated carbocycles. The van der Waals surface area contributed by atoms with Gasteiger partial charge in [0.05, 0.1) is 12.0 Å². The molecule has 2 atom stereocenters. The van der Waals surface area contributed by atoms with Crippen LogP contribution in [0, 0.1) is 11.8 Å². The molecule has 1 aliphatic rings. The van der Waals surface area contributed by atoms with Gasteiger partial charge in [0.15, 0.2) is 0 Å². The molecule has 0 spiro atoms. The average molecular weight is 290 g/mol. The zero-order valence-corrected chi connectivity index (χ0v) is 12.4. The van der Waals surface area contributed by atoms with Crippen LogP contribution in [0.1, 0.15) is 33.1 Å². The number of hydrogen-bond donors (Lipinski definition) is 3. The summed E-state index contributed by atoms with van der Waals surface area (Å²) in [4.78, 5) is 23.6. The molecule has 5 nitrogen and oxygen atoms in total. The highest BCUT2D eigenvalue weighted by Crippen LogP contribution is 2.27.